The van der Waals surface area contributed by atoms with Crippen molar-refractivity contribution in [2.24, 2.45) is 5.92 Å². The number of benzene rings is 1. The third-order valence-electron chi connectivity index (χ3n) is 6.08. The molecule has 0 spiro atoms. The van der Waals surface area contributed by atoms with Crippen LogP contribution in [0.15, 0.2) is 46.4 Å². The highest BCUT2D eigenvalue weighted by Crippen LogP contribution is 2.30. The van der Waals surface area contributed by atoms with Gasteiger partial charge in [0.2, 0.25) is 0 Å². The third-order valence-corrected chi connectivity index (χ3v) is 6.86. The number of para-hydroxylation sites is 1. The highest BCUT2D eigenvalue weighted by Gasteiger charge is 2.28. The fraction of sp³-hybridized carbons (Fsp3) is 0.391. The average Bonchev–Trinajstić information content (AvgIpc) is 3.48. The second-order valence-corrected chi connectivity index (χ2v) is 9.07. The number of fused-ring (bicyclic) bond motifs is 1. The summed E-state index contributed by atoms with van der Waals surface area (Å²) in [6.07, 6.45) is 4.83. The average molecular weight is 408 g/mol. The lowest BCUT2D eigenvalue weighted by atomic mass is 9.95. The lowest BCUT2D eigenvalue weighted by Gasteiger charge is -2.34. The number of rotatable bonds is 4. The summed E-state index contributed by atoms with van der Waals surface area (Å²) in [4.78, 5) is 21.8. The topological polar surface area (TPSA) is 49.6 Å². The van der Waals surface area contributed by atoms with Gasteiger partial charge in [-0.2, -0.15) is 0 Å². The predicted molar refractivity (Wildman–Crippen MR) is 116 cm³/mol. The van der Waals surface area contributed by atoms with Gasteiger partial charge in [-0.1, -0.05) is 18.2 Å². The van der Waals surface area contributed by atoms with E-state index in [0.29, 0.717) is 17.2 Å². The smallest absolute Gasteiger partial charge is 0.257 e. The van der Waals surface area contributed by atoms with E-state index in [-0.39, 0.29) is 5.91 Å². The van der Waals surface area contributed by atoms with Crippen LogP contribution in [0.2, 0.25) is 0 Å². The molecule has 0 aliphatic carbocycles. The van der Waals surface area contributed by atoms with Crippen molar-refractivity contribution in [2.45, 2.75) is 26.2 Å². The van der Waals surface area contributed by atoms with Crippen molar-refractivity contribution in [3.63, 3.8) is 0 Å². The number of carbonyl (C=O) groups excluding carboxylic acids is 1. The first kappa shape index (κ1) is 18.4. The van der Waals surface area contributed by atoms with Crippen molar-refractivity contribution in [1.82, 2.24) is 9.88 Å². The predicted octanol–water partition coefficient (Wildman–Crippen LogP) is 4.63. The van der Waals surface area contributed by atoms with Gasteiger partial charge in [0, 0.05) is 37.2 Å². The normalized spacial score (nSPS) is 17.0. The number of anilines is 1. The van der Waals surface area contributed by atoms with Gasteiger partial charge in [0.1, 0.15) is 12.0 Å². The van der Waals surface area contributed by atoms with Crippen molar-refractivity contribution in [3.8, 4) is 11.5 Å². The molecule has 2 aromatic heterocycles. The van der Waals surface area contributed by atoms with Crippen LogP contribution < -0.4 is 4.90 Å². The first-order valence-electron chi connectivity index (χ1n) is 10.3. The van der Waals surface area contributed by atoms with Crippen molar-refractivity contribution < 1.29 is 9.21 Å². The van der Waals surface area contributed by atoms with Crippen LogP contribution in [0.5, 0.6) is 0 Å². The molecule has 4 heterocycles. The molecule has 0 bridgehead atoms. The van der Waals surface area contributed by atoms with Crippen LogP contribution in [0.1, 0.15) is 33.8 Å². The number of furan rings is 1. The maximum atomic E-state index is 12.9. The minimum Gasteiger partial charge on any atom is -0.462 e. The Morgan fingerprint density at radius 2 is 2.07 bits per heavy atom. The van der Waals surface area contributed by atoms with Crippen molar-refractivity contribution in [3.05, 3.63) is 58.1 Å². The number of piperidine rings is 1. The molecule has 5 rings (SSSR count). The summed E-state index contributed by atoms with van der Waals surface area (Å²) in [7, 11) is 0. The lowest BCUT2D eigenvalue weighted by Crippen LogP contribution is -2.41. The number of carbonyl (C=O) groups is 1. The summed E-state index contributed by atoms with van der Waals surface area (Å²) in [6, 6.07) is 10.6. The second kappa shape index (κ2) is 7.67. The van der Waals surface area contributed by atoms with Crippen LogP contribution in [-0.4, -0.2) is 42.0 Å². The molecule has 0 radical (unpaired) electrons. The van der Waals surface area contributed by atoms with E-state index in [1.807, 2.05) is 23.3 Å². The highest BCUT2D eigenvalue weighted by atomic mass is 32.1. The Morgan fingerprint density at radius 1 is 1.24 bits per heavy atom. The van der Waals surface area contributed by atoms with Gasteiger partial charge >= 0.3 is 0 Å². The summed E-state index contributed by atoms with van der Waals surface area (Å²) in [5.74, 6) is 1.38. The number of hydrogen-bond acceptors (Lipinski definition) is 5. The fourth-order valence-electron chi connectivity index (χ4n) is 4.47. The van der Waals surface area contributed by atoms with E-state index in [4.69, 9.17) is 4.42 Å². The number of nitrogens with zero attached hydrogens (tertiary/aromatic N) is 3. The molecule has 0 saturated carbocycles. The van der Waals surface area contributed by atoms with E-state index >= 15 is 0 Å². The lowest BCUT2D eigenvalue weighted by molar-refractivity contribution is 0.0692. The Morgan fingerprint density at radius 3 is 2.86 bits per heavy atom. The molecule has 5 nitrogen and oxygen atoms in total. The molecule has 0 N–H and O–H groups in total. The Bertz CT molecular complexity index is 1020. The molecular weight excluding hydrogens is 382 g/mol. The standard InChI is InChI=1S/C23H25N3O2S/c1-16-24-20(15-29-16)22-12-19(14-28-22)23(27)25-9-6-17(7-10-25)13-26-11-8-18-4-2-3-5-21(18)26/h2-5,12,14-15,17H,6-11,13H2,1H3. The fourth-order valence-corrected chi connectivity index (χ4v) is 5.07. The molecule has 1 amide bonds. The van der Waals surface area contributed by atoms with Gasteiger partial charge in [-0.3, -0.25) is 4.79 Å². The van der Waals surface area contributed by atoms with E-state index < -0.39 is 0 Å². The van der Waals surface area contributed by atoms with Crippen molar-refractivity contribution >= 4 is 22.9 Å². The van der Waals surface area contributed by atoms with Crippen LogP contribution in [-0.2, 0) is 6.42 Å². The van der Waals surface area contributed by atoms with Crippen LogP contribution >= 0.6 is 11.3 Å². The third kappa shape index (κ3) is 3.69. The van der Waals surface area contributed by atoms with Crippen LogP contribution in [0.3, 0.4) is 0 Å². The molecule has 0 unspecified atom stereocenters. The Hall–Kier alpha value is -2.60. The number of hydrogen-bond donors (Lipinski definition) is 0. The molecule has 150 valence electrons. The molecule has 29 heavy (non-hydrogen) atoms. The Labute approximate surface area is 175 Å². The van der Waals surface area contributed by atoms with Gasteiger partial charge in [0.25, 0.3) is 5.91 Å². The largest absolute Gasteiger partial charge is 0.462 e. The van der Waals surface area contributed by atoms with Gasteiger partial charge in [0.15, 0.2) is 5.76 Å². The molecule has 1 saturated heterocycles. The van der Waals surface area contributed by atoms with Crippen LogP contribution in [0.25, 0.3) is 11.5 Å². The molecule has 3 aromatic rings. The molecule has 0 atom stereocenters. The van der Waals surface area contributed by atoms with Crippen LogP contribution in [0, 0.1) is 12.8 Å². The number of amides is 1. The van der Waals surface area contributed by atoms with Crippen molar-refractivity contribution in [1.29, 1.82) is 0 Å². The maximum absolute atomic E-state index is 12.9. The second-order valence-electron chi connectivity index (χ2n) is 8.01. The molecule has 1 fully saturated rings. The molecule has 2 aliphatic heterocycles. The van der Waals surface area contributed by atoms with E-state index in [1.165, 1.54) is 11.3 Å². The summed E-state index contributed by atoms with van der Waals surface area (Å²) in [6.45, 7) is 5.81. The first-order valence-corrected chi connectivity index (χ1v) is 11.2. The SMILES string of the molecule is Cc1nc(-c2cc(C(=O)N3CCC(CN4CCc5ccccc54)CC3)co2)cs1. The number of aryl methyl sites for hydroxylation is 1. The number of likely N-dealkylation sites (tertiary alicyclic amines) is 1. The van der Waals surface area contributed by atoms with Gasteiger partial charge in [-0.05, 0) is 49.8 Å². The summed E-state index contributed by atoms with van der Waals surface area (Å²) in [5.41, 5.74) is 4.29. The van der Waals surface area contributed by atoms with E-state index in [1.54, 1.807) is 17.6 Å². The summed E-state index contributed by atoms with van der Waals surface area (Å²) >= 11 is 1.58. The van der Waals surface area contributed by atoms with E-state index in [2.05, 4.69) is 34.1 Å². The zero-order chi connectivity index (χ0) is 19.8. The minimum atomic E-state index is 0.0666. The van der Waals surface area contributed by atoms with E-state index in [0.717, 1.165) is 56.1 Å². The maximum Gasteiger partial charge on any atom is 0.257 e. The minimum absolute atomic E-state index is 0.0666. The summed E-state index contributed by atoms with van der Waals surface area (Å²) < 4.78 is 5.61. The van der Waals surface area contributed by atoms with Crippen LogP contribution in [0.4, 0.5) is 5.69 Å². The molecular formula is C23H25N3O2S. The zero-order valence-electron chi connectivity index (χ0n) is 16.6. The van der Waals surface area contributed by atoms with Gasteiger partial charge in [-0.25, -0.2) is 4.98 Å². The van der Waals surface area contributed by atoms with Crippen molar-refractivity contribution in [2.75, 3.05) is 31.1 Å². The Balaban J connectivity index is 1.18. The van der Waals surface area contributed by atoms with Gasteiger partial charge < -0.3 is 14.2 Å². The Kier molecular flexibility index (Phi) is 4.87. The molecule has 1 aromatic carbocycles. The number of aromatic nitrogens is 1. The first-order chi connectivity index (χ1) is 14.2. The van der Waals surface area contributed by atoms with Gasteiger partial charge in [-0.15, -0.1) is 11.3 Å². The monoisotopic (exact) mass is 407 g/mol. The van der Waals surface area contributed by atoms with Gasteiger partial charge in [0.05, 0.1) is 10.6 Å². The molecule has 2 aliphatic rings. The molecule has 6 heteroatoms. The number of thiazole rings is 1. The summed E-state index contributed by atoms with van der Waals surface area (Å²) in [5, 5.41) is 2.96. The van der Waals surface area contributed by atoms with E-state index in [9.17, 15) is 4.79 Å². The quantitative estimate of drug-likeness (QED) is 0.633. The zero-order valence-corrected chi connectivity index (χ0v) is 17.5. The highest BCUT2D eigenvalue weighted by molar-refractivity contribution is 7.09.